The Balaban J connectivity index is 3.11. The van der Waals surface area contributed by atoms with Gasteiger partial charge in [0.15, 0.2) is 0 Å². The molecule has 0 aliphatic carbocycles. The first-order valence-electron chi connectivity index (χ1n) is 4.17. The number of benzene rings is 1. The van der Waals surface area contributed by atoms with Crippen LogP contribution in [0, 0.1) is 0 Å². The van der Waals surface area contributed by atoms with E-state index in [4.69, 9.17) is 5.73 Å². The Labute approximate surface area is 77.2 Å². The number of nitrogens with two attached hydrogens (primary N) is 1. The molecule has 0 saturated carbocycles. The second kappa shape index (κ2) is 3.58. The number of rotatable bonds is 3. The maximum Gasteiger partial charge on any atom is 0.379 e. The van der Waals surface area contributed by atoms with Crippen LogP contribution in [0.2, 0.25) is 0 Å². The van der Waals surface area contributed by atoms with Crippen molar-refractivity contribution in [3.8, 4) is 0 Å². The first kappa shape index (κ1) is 9.74. The Bertz CT molecular complexity index is 297. The van der Waals surface area contributed by atoms with E-state index in [1.54, 1.807) is 31.2 Å². The van der Waals surface area contributed by atoms with Gasteiger partial charge in [-0.15, -0.1) is 0 Å². The first-order valence-corrected chi connectivity index (χ1v) is 4.17. The Morgan fingerprint density at radius 1 is 1.38 bits per heavy atom. The second-order valence-electron chi connectivity index (χ2n) is 2.98. The fourth-order valence-corrected chi connectivity index (χ4v) is 1.20. The lowest BCUT2D eigenvalue weighted by Crippen LogP contribution is -2.43. The molecule has 69 valence electrons. The summed E-state index contributed by atoms with van der Waals surface area (Å²) in [5.74, 6) is -1.23. The number of carbonyl (C=O) groups excluding carboxylic acids is 1. The molecule has 13 heavy (non-hydrogen) atoms. The van der Waals surface area contributed by atoms with Gasteiger partial charge in [-0.2, -0.15) is 0 Å². The van der Waals surface area contributed by atoms with Crippen molar-refractivity contribution in [1.82, 2.24) is 0 Å². The van der Waals surface area contributed by atoms with Gasteiger partial charge in [0.1, 0.15) is 5.54 Å². The summed E-state index contributed by atoms with van der Waals surface area (Å²) in [4.78, 5) is 10.8. The topological polar surface area (TPSA) is 63.0 Å². The van der Waals surface area contributed by atoms with E-state index >= 15 is 0 Å². The van der Waals surface area contributed by atoms with Crippen molar-refractivity contribution in [2.24, 2.45) is 5.73 Å². The largest absolute Gasteiger partial charge is 0.379 e. The zero-order valence-electron chi connectivity index (χ0n) is 7.49. The van der Waals surface area contributed by atoms with Gasteiger partial charge in [-0.05, 0) is 12.0 Å². The SMILES string of the molecule is CCC(N)(C([O])=O)c1ccccc1. The van der Waals surface area contributed by atoms with E-state index in [0.717, 1.165) is 0 Å². The first-order chi connectivity index (χ1) is 6.11. The molecule has 0 amide bonds. The van der Waals surface area contributed by atoms with Crippen LogP contribution in [0.5, 0.6) is 0 Å². The molecule has 0 bridgehead atoms. The molecule has 0 aromatic heterocycles. The van der Waals surface area contributed by atoms with Gasteiger partial charge in [-0.3, -0.25) is 0 Å². The maximum absolute atomic E-state index is 10.8. The van der Waals surface area contributed by atoms with Crippen LogP contribution in [0.15, 0.2) is 30.3 Å². The summed E-state index contributed by atoms with van der Waals surface area (Å²) in [5.41, 5.74) is 4.92. The van der Waals surface area contributed by atoms with Crippen LogP contribution in [-0.4, -0.2) is 5.97 Å². The van der Waals surface area contributed by atoms with Crippen molar-refractivity contribution in [3.63, 3.8) is 0 Å². The molecule has 0 saturated heterocycles. The van der Waals surface area contributed by atoms with Crippen LogP contribution in [0.25, 0.3) is 0 Å². The molecular formula is C10H12NO2. The highest BCUT2D eigenvalue weighted by atomic mass is 16.4. The quantitative estimate of drug-likeness (QED) is 0.756. The van der Waals surface area contributed by atoms with E-state index in [0.29, 0.717) is 12.0 Å². The lowest BCUT2D eigenvalue weighted by atomic mass is 9.89. The summed E-state index contributed by atoms with van der Waals surface area (Å²) in [6.45, 7) is 1.72. The van der Waals surface area contributed by atoms with E-state index < -0.39 is 11.5 Å². The van der Waals surface area contributed by atoms with Gasteiger partial charge in [0.2, 0.25) is 0 Å². The van der Waals surface area contributed by atoms with Crippen molar-refractivity contribution < 1.29 is 9.90 Å². The maximum atomic E-state index is 10.8. The van der Waals surface area contributed by atoms with Gasteiger partial charge in [0.25, 0.3) is 0 Å². The van der Waals surface area contributed by atoms with Crippen molar-refractivity contribution in [2.75, 3.05) is 0 Å². The Hall–Kier alpha value is -1.35. The smallest absolute Gasteiger partial charge is 0.312 e. The molecule has 0 aliphatic heterocycles. The third kappa shape index (κ3) is 1.70. The Morgan fingerprint density at radius 2 is 1.92 bits per heavy atom. The van der Waals surface area contributed by atoms with Crippen LogP contribution >= 0.6 is 0 Å². The molecule has 2 N–H and O–H groups in total. The van der Waals surface area contributed by atoms with E-state index in [1.165, 1.54) is 0 Å². The molecule has 1 atom stereocenters. The monoisotopic (exact) mass is 178 g/mol. The minimum Gasteiger partial charge on any atom is -0.312 e. The summed E-state index contributed by atoms with van der Waals surface area (Å²) < 4.78 is 0. The highest BCUT2D eigenvalue weighted by Gasteiger charge is 2.35. The third-order valence-electron chi connectivity index (χ3n) is 2.21. The van der Waals surface area contributed by atoms with Crippen LogP contribution in [-0.2, 0) is 15.4 Å². The highest BCUT2D eigenvalue weighted by molar-refractivity contribution is 5.79. The van der Waals surface area contributed by atoms with E-state index in [2.05, 4.69) is 0 Å². The normalized spacial score (nSPS) is 14.9. The summed E-state index contributed by atoms with van der Waals surface area (Å²) in [7, 11) is 0. The average molecular weight is 178 g/mol. The minimum absolute atomic E-state index is 0.319. The minimum atomic E-state index is -1.36. The van der Waals surface area contributed by atoms with Crippen LogP contribution < -0.4 is 5.73 Å². The van der Waals surface area contributed by atoms with Crippen molar-refractivity contribution >= 4 is 5.97 Å². The zero-order valence-corrected chi connectivity index (χ0v) is 7.49. The Morgan fingerprint density at radius 3 is 2.31 bits per heavy atom. The predicted molar refractivity (Wildman–Crippen MR) is 48.3 cm³/mol. The average Bonchev–Trinajstić information content (AvgIpc) is 2.17. The fourth-order valence-electron chi connectivity index (χ4n) is 1.20. The molecular weight excluding hydrogens is 166 g/mol. The van der Waals surface area contributed by atoms with E-state index in [1.807, 2.05) is 6.07 Å². The molecule has 1 aromatic rings. The van der Waals surface area contributed by atoms with E-state index in [9.17, 15) is 9.90 Å². The van der Waals surface area contributed by atoms with Crippen LogP contribution in [0.3, 0.4) is 0 Å². The van der Waals surface area contributed by atoms with E-state index in [-0.39, 0.29) is 0 Å². The molecule has 1 radical (unpaired) electrons. The fraction of sp³-hybridized carbons (Fsp3) is 0.300. The van der Waals surface area contributed by atoms with Gasteiger partial charge >= 0.3 is 5.97 Å². The van der Waals surface area contributed by atoms with Gasteiger partial charge in [-0.1, -0.05) is 37.3 Å². The molecule has 3 nitrogen and oxygen atoms in total. The standard InChI is InChI=1S/C10H12NO2/c1-2-10(11,9(12)13)8-6-4-3-5-7-8/h3-7H,2,11H2,1H3. The highest BCUT2D eigenvalue weighted by Crippen LogP contribution is 2.21. The van der Waals surface area contributed by atoms with Gasteiger partial charge in [0, 0.05) is 0 Å². The molecule has 1 aromatic carbocycles. The molecule has 3 heteroatoms. The van der Waals surface area contributed by atoms with Crippen molar-refractivity contribution in [1.29, 1.82) is 0 Å². The molecule has 1 rings (SSSR count). The van der Waals surface area contributed by atoms with Gasteiger partial charge in [-0.25, -0.2) is 9.90 Å². The molecule has 1 unspecified atom stereocenters. The van der Waals surface area contributed by atoms with Crippen LogP contribution in [0.4, 0.5) is 0 Å². The summed E-state index contributed by atoms with van der Waals surface area (Å²) >= 11 is 0. The summed E-state index contributed by atoms with van der Waals surface area (Å²) in [5, 5.41) is 10.8. The number of carbonyl (C=O) groups is 1. The lowest BCUT2D eigenvalue weighted by molar-refractivity contribution is -0.150. The number of hydrogen-bond donors (Lipinski definition) is 1. The predicted octanol–water partition coefficient (Wildman–Crippen LogP) is 1.21. The summed E-state index contributed by atoms with van der Waals surface area (Å²) in [6.07, 6.45) is 0.319. The Kier molecular flexibility index (Phi) is 2.68. The van der Waals surface area contributed by atoms with Crippen molar-refractivity contribution in [2.45, 2.75) is 18.9 Å². The van der Waals surface area contributed by atoms with Crippen LogP contribution in [0.1, 0.15) is 18.9 Å². The molecule has 0 fully saturated rings. The molecule has 0 heterocycles. The van der Waals surface area contributed by atoms with Gasteiger partial charge in [0.05, 0.1) is 0 Å². The lowest BCUT2D eigenvalue weighted by Gasteiger charge is -2.21. The third-order valence-corrected chi connectivity index (χ3v) is 2.21. The summed E-state index contributed by atoms with van der Waals surface area (Å²) in [6, 6.07) is 8.72. The molecule has 0 spiro atoms. The number of hydrogen-bond acceptors (Lipinski definition) is 2. The molecule has 0 aliphatic rings. The zero-order chi connectivity index (χ0) is 9.90. The second-order valence-corrected chi connectivity index (χ2v) is 2.98. The van der Waals surface area contributed by atoms with Crippen molar-refractivity contribution in [3.05, 3.63) is 35.9 Å². The van der Waals surface area contributed by atoms with Gasteiger partial charge < -0.3 is 5.73 Å².